The first-order valence-electron chi connectivity index (χ1n) is 7.12. The Morgan fingerprint density at radius 1 is 1.38 bits per heavy atom. The molecule has 1 aliphatic carbocycles. The van der Waals surface area contributed by atoms with Crippen LogP contribution in [0.2, 0.25) is 0 Å². The van der Waals surface area contributed by atoms with Crippen LogP contribution in [0, 0.1) is 11.8 Å². The molecule has 2 heteroatoms. The molecule has 0 aliphatic heterocycles. The average molecular weight is 227 g/mol. The Labute approximate surface area is 101 Å². The molecule has 3 unspecified atom stereocenters. The maximum atomic E-state index is 8.87. The van der Waals surface area contributed by atoms with Gasteiger partial charge in [-0.05, 0) is 44.1 Å². The molecule has 0 aromatic heterocycles. The molecule has 0 spiro atoms. The predicted octanol–water partition coefficient (Wildman–Crippen LogP) is 2.95. The summed E-state index contributed by atoms with van der Waals surface area (Å²) >= 11 is 0. The summed E-state index contributed by atoms with van der Waals surface area (Å²) in [6, 6.07) is 0.757. The molecule has 1 rings (SSSR count). The molecule has 1 fully saturated rings. The second-order valence-corrected chi connectivity index (χ2v) is 5.47. The summed E-state index contributed by atoms with van der Waals surface area (Å²) in [5.74, 6) is 1.53. The Hall–Kier alpha value is -0.0800. The molecule has 0 amide bonds. The average Bonchev–Trinajstić information content (AvgIpc) is 2.71. The van der Waals surface area contributed by atoms with Crippen molar-refractivity contribution in [3.63, 3.8) is 0 Å². The number of hydrogen-bond donors (Lipinski definition) is 2. The fraction of sp³-hybridized carbons (Fsp3) is 1.00. The topological polar surface area (TPSA) is 32.3 Å². The van der Waals surface area contributed by atoms with Gasteiger partial charge in [0.15, 0.2) is 0 Å². The van der Waals surface area contributed by atoms with E-state index < -0.39 is 0 Å². The van der Waals surface area contributed by atoms with Crippen molar-refractivity contribution >= 4 is 0 Å². The minimum absolute atomic E-state index is 0.326. The fourth-order valence-corrected chi connectivity index (χ4v) is 2.79. The number of rotatable bonds is 8. The van der Waals surface area contributed by atoms with Gasteiger partial charge in [-0.1, -0.05) is 33.1 Å². The van der Waals surface area contributed by atoms with Crippen LogP contribution in [0.15, 0.2) is 0 Å². The molecule has 0 aromatic rings. The van der Waals surface area contributed by atoms with Crippen LogP contribution >= 0.6 is 0 Å². The molecular weight excluding hydrogens is 198 g/mol. The Morgan fingerprint density at radius 2 is 2.19 bits per heavy atom. The van der Waals surface area contributed by atoms with Crippen molar-refractivity contribution < 1.29 is 5.11 Å². The normalized spacial score (nSPS) is 27.2. The molecule has 3 atom stereocenters. The van der Waals surface area contributed by atoms with E-state index in [-0.39, 0.29) is 0 Å². The lowest BCUT2D eigenvalue weighted by Gasteiger charge is -2.22. The highest BCUT2D eigenvalue weighted by Crippen LogP contribution is 2.29. The molecule has 2 N–H and O–H groups in total. The first-order chi connectivity index (χ1) is 7.77. The third-order valence-corrected chi connectivity index (χ3v) is 3.94. The maximum absolute atomic E-state index is 8.87. The van der Waals surface area contributed by atoms with Crippen molar-refractivity contribution in [1.82, 2.24) is 5.32 Å². The quantitative estimate of drug-likeness (QED) is 0.668. The molecule has 1 aliphatic rings. The molecule has 0 heterocycles. The van der Waals surface area contributed by atoms with Crippen molar-refractivity contribution in [3.05, 3.63) is 0 Å². The molecule has 2 nitrogen and oxygen atoms in total. The molecule has 0 saturated heterocycles. The molecule has 16 heavy (non-hydrogen) atoms. The molecular formula is C14H29NO. The van der Waals surface area contributed by atoms with E-state index in [0.717, 1.165) is 24.9 Å². The van der Waals surface area contributed by atoms with Gasteiger partial charge in [0.1, 0.15) is 0 Å². The highest BCUT2D eigenvalue weighted by molar-refractivity contribution is 4.83. The van der Waals surface area contributed by atoms with Gasteiger partial charge in [-0.2, -0.15) is 0 Å². The number of hydrogen-bond acceptors (Lipinski definition) is 2. The van der Waals surface area contributed by atoms with E-state index in [4.69, 9.17) is 5.11 Å². The number of aliphatic hydroxyl groups is 1. The first kappa shape index (κ1) is 14.0. The largest absolute Gasteiger partial charge is 0.396 e. The van der Waals surface area contributed by atoms with Gasteiger partial charge < -0.3 is 10.4 Å². The van der Waals surface area contributed by atoms with Crippen molar-refractivity contribution in [2.45, 2.75) is 64.8 Å². The second kappa shape index (κ2) is 8.08. The van der Waals surface area contributed by atoms with Crippen LogP contribution in [-0.4, -0.2) is 24.3 Å². The summed E-state index contributed by atoms with van der Waals surface area (Å²) in [4.78, 5) is 0. The lowest BCUT2D eigenvalue weighted by Crippen LogP contribution is -2.35. The lowest BCUT2D eigenvalue weighted by atomic mass is 9.96. The van der Waals surface area contributed by atoms with Crippen LogP contribution in [-0.2, 0) is 0 Å². The van der Waals surface area contributed by atoms with E-state index in [1.54, 1.807) is 0 Å². The molecule has 96 valence electrons. The molecule has 0 radical (unpaired) electrons. The highest BCUT2D eigenvalue weighted by atomic mass is 16.3. The summed E-state index contributed by atoms with van der Waals surface area (Å²) < 4.78 is 0. The summed E-state index contributed by atoms with van der Waals surface area (Å²) in [7, 11) is 0. The number of aliphatic hydroxyl groups excluding tert-OH is 1. The Bertz CT molecular complexity index is 172. The van der Waals surface area contributed by atoms with Crippen LogP contribution in [0.1, 0.15) is 58.8 Å². The van der Waals surface area contributed by atoms with Gasteiger partial charge in [0, 0.05) is 12.6 Å². The van der Waals surface area contributed by atoms with Gasteiger partial charge in [-0.3, -0.25) is 0 Å². The second-order valence-electron chi connectivity index (χ2n) is 5.47. The Morgan fingerprint density at radius 3 is 2.88 bits per heavy atom. The SMILES string of the molecule is CCCCC1CCCC1NCC(C)CCO. The fourth-order valence-electron chi connectivity index (χ4n) is 2.79. The number of unbranched alkanes of at least 4 members (excludes halogenated alkanes) is 1. The van der Waals surface area contributed by atoms with Crippen molar-refractivity contribution in [2.24, 2.45) is 11.8 Å². The van der Waals surface area contributed by atoms with Gasteiger partial charge in [0.25, 0.3) is 0 Å². The highest BCUT2D eigenvalue weighted by Gasteiger charge is 2.26. The molecule has 0 bridgehead atoms. The maximum Gasteiger partial charge on any atom is 0.0434 e. The zero-order valence-electron chi connectivity index (χ0n) is 11.0. The van der Waals surface area contributed by atoms with Gasteiger partial charge in [0.05, 0.1) is 0 Å². The summed E-state index contributed by atoms with van der Waals surface area (Å²) in [6.07, 6.45) is 9.23. The summed E-state index contributed by atoms with van der Waals surface area (Å²) in [5.41, 5.74) is 0. The van der Waals surface area contributed by atoms with E-state index in [0.29, 0.717) is 12.5 Å². The van der Waals surface area contributed by atoms with E-state index in [9.17, 15) is 0 Å². The van der Waals surface area contributed by atoms with Crippen LogP contribution in [0.4, 0.5) is 0 Å². The minimum Gasteiger partial charge on any atom is -0.396 e. The van der Waals surface area contributed by atoms with Crippen LogP contribution in [0.3, 0.4) is 0 Å². The lowest BCUT2D eigenvalue weighted by molar-refractivity contribution is 0.253. The van der Waals surface area contributed by atoms with Crippen molar-refractivity contribution in [2.75, 3.05) is 13.2 Å². The zero-order chi connectivity index (χ0) is 11.8. The predicted molar refractivity (Wildman–Crippen MR) is 69.5 cm³/mol. The van der Waals surface area contributed by atoms with Gasteiger partial charge >= 0.3 is 0 Å². The number of nitrogens with one attached hydrogen (secondary N) is 1. The zero-order valence-corrected chi connectivity index (χ0v) is 11.0. The van der Waals surface area contributed by atoms with Gasteiger partial charge in [-0.25, -0.2) is 0 Å². The third-order valence-electron chi connectivity index (χ3n) is 3.94. The van der Waals surface area contributed by atoms with E-state index in [2.05, 4.69) is 19.2 Å². The van der Waals surface area contributed by atoms with Crippen LogP contribution in [0.25, 0.3) is 0 Å². The molecule has 1 saturated carbocycles. The first-order valence-corrected chi connectivity index (χ1v) is 7.12. The van der Waals surface area contributed by atoms with Crippen molar-refractivity contribution in [3.8, 4) is 0 Å². The molecule has 0 aromatic carbocycles. The smallest absolute Gasteiger partial charge is 0.0434 e. The summed E-state index contributed by atoms with van der Waals surface area (Å²) in [6.45, 7) is 5.90. The van der Waals surface area contributed by atoms with E-state index >= 15 is 0 Å². The summed E-state index contributed by atoms with van der Waals surface area (Å²) in [5, 5.41) is 12.6. The van der Waals surface area contributed by atoms with Crippen molar-refractivity contribution in [1.29, 1.82) is 0 Å². The van der Waals surface area contributed by atoms with Crippen LogP contribution in [0.5, 0.6) is 0 Å². The van der Waals surface area contributed by atoms with E-state index in [1.165, 1.54) is 38.5 Å². The van der Waals surface area contributed by atoms with E-state index in [1.807, 2.05) is 0 Å². The monoisotopic (exact) mass is 227 g/mol. The third kappa shape index (κ3) is 4.84. The van der Waals surface area contributed by atoms with Gasteiger partial charge in [-0.15, -0.1) is 0 Å². The van der Waals surface area contributed by atoms with Crippen LogP contribution < -0.4 is 5.32 Å². The minimum atomic E-state index is 0.326. The van der Waals surface area contributed by atoms with Gasteiger partial charge in [0.2, 0.25) is 0 Å². The standard InChI is InChI=1S/C14H29NO/c1-3-4-6-13-7-5-8-14(13)15-11-12(2)9-10-16/h12-16H,3-11H2,1-2H3. The Kier molecular flexibility index (Phi) is 7.06. The Balaban J connectivity index is 2.18.